The van der Waals surface area contributed by atoms with Gasteiger partial charge in [0, 0.05) is 11.6 Å². The van der Waals surface area contributed by atoms with Crippen molar-refractivity contribution in [3.63, 3.8) is 0 Å². The number of amides is 3. The second-order valence-electron chi connectivity index (χ2n) is 8.13. The summed E-state index contributed by atoms with van der Waals surface area (Å²) in [5.41, 5.74) is 12.4. The van der Waals surface area contributed by atoms with Gasteiger partial charge in [-0.2, -0.15) is 0 Å². The maximum absolute atomic E-state index is 12.6. The van der Waals surface area contributed by atoms with Crippen molar-refractivity contribution in [3.05, 3.63) is 76.8 Å². The lowest BCUT2D eigenvalue weighted by molar-refractivity contribution is -0.122. The molecule has 35 heavy (non-hydrogen) atoms. The van der Waals surface area contributed by atoms with Gasteiger partial charge >= 0.3 is 0 Å². The summed E-state index contributed by atoms with van der Waals surface area (Å²) in [7, 11) is 0. The van der Waals surface area contributed by atoms with E-state index >= 15 is 0 Å². The number of rotatable bonds is 12. The first kappa shape index (κ1) is 26.0. The topological polar surface area (TPSA) is 137 Å². The third kappa shape index (κ3) is 7.98. The molecule has 184 valence electrons. The average molecular weight is 497 g/mol. The van der Waals surface area contributed by atoms with E-state index < -0.39 is 17.9 Å². The minimum atomic E-state index is -0.647. The second kappa shape index (κ2) is 12.7. The van der Waals surface area contributed by atoms with Gasteiger partial charge in [0.25, 0.3) is 5.91 Å². The molecule has 0 saturated carbocycles. The van der Waals surface area contributed by atoms with E-state index in [1.54, 1.807) is 24.3 Å². The number of hydrogen-bond donors (Lipinski definition) is 4. The minimum absolute atomic E-state index is 0.219. The summed E-state index contributed by atoms with van der Waals surface area (Å²) in [6.45, 7) is 0.548. The standard InChI is InChI=1S/C26H29ClN4O4/c27-20-9-7-17(8-10-20)13-22(28)26(34)30-11-3-4-12-35-23-15-19-6-2-1-5-18(19)14-21(23)25(33)31-16-24(29)32/h1-2,5-10,14-15,22H,3-4,11-13,16,28H2,(H2,29,32)(H,30,34)(H,31,33). The Morgan fingerprint density at radius 2 is 1.63 bits per heavy atom. The van der Waals surface area contributed by atoms with Crippen LogP contribution in [0.3, 0.4) is 0 Å². The molecule has 6 N–H and O–H groups in total. The molecule has 3 amide bonds. The fraction of sp³-hybridized carbons (Fsp3) is 0.269. The summed E-state index contributed by atoms with van der Waals surface area (Å²) in [5, 5.41) is 7.78. The monoisotopic (exact) mass is 496 g/mol. The number of unbranched alkanes of at least 4 members (excludes halogenated alkanes) is 1. The molecule has 0 heterocycles. The highest BCUT2D eigenvalue weighted by atomic mass is 35.5. The van der Waals surface area contributed by atoms with Crippen molar-refractivity contribution in [2.24, 2.45) is 11.5 Å². The summed E-state index contributed by atoms with van der Waals surface area (Å²) < 4.78 is 5.89. The molecule has 9 heteroatoms. The smallest absolute Gasteiger partial charge is 0.255 e. The number of nitrogens with two attached hydrogens (primary N) is 2. The van der Waals surface area contributed by atoms with Crippen LogP contribution < -0.4 is 26.8 Å². The lowest BCUT2D eigenvalue weighted by Crippen LogP contribution is -2.42. The zero-order valence-electron chi connectivity index (χ0n) is 19.3. The number of ether oxygens (including phenoxy) is 1. The van der Waals surface area contributed by atoms with Crippen LogP contribution in [0.15, 0.2) is 60.7 Å². The molecule has 0 aromatic heterocycles. The molecular formula is C26H29ClN4O4. The molecule has 1 unspecified atom stereocenters. The van der Waals surface area contributed by atoms with Crippen LogP contribution in [0, 0.1) is 0 Å². The molecule has 0 aliphatic heterocycles. The number of carbonyl (C=O) groups excluding carboxylic acids is 3. The number of primary amides is 1. The third-order valence-electron chi connectivity index (χ3n) is 5.35. The number of fused-ring (bicyclic) bond motifs is 1. The third-order valence-corrected chi connectivity index (χ3v) is 5.60. The Labute approximate surface area is 209 Å². The quantitative estimate of drug-likeness (QED) is 0.286. The molecule has 0 saturated heterocycles. The zero-order valence-corrected chi connectivity index (χ0v) is 20.0. The number of halogens is 1. The first-order valence-electron chi connectivity index (χ1n) is 11.3. The number of carbonyl (C=O) groups is 3. The van der Waals surface area contributed by atoms with Crippen LogP contribution in [-0.4, -0.2) is 43.5 Å². The van der Waals surface area contributed by atoms with Gasteiger partial charge in [-0.1, -0.05) is 48.0 Å². The van der Waals surface area contributed by atoms with Crippen molar-refractivity contribution in [1.82, 2.24) is 10.6 Å². The number of hydrogen-bond acceptors (Lipinski definition) is 5. The molecule has 3 aromatic rings. The fourth-order valence-corrected chi connectivity index (χ4v) is 3.62. The van der Waals surface area contributed by atoms with Crippen LogP contribution in [0.5, 0.6) is 5.75 Å². The highest BCUT2D eigenvalue weighted by Crippen LogP contribution is 2.26. The number of nitrogens with one attached hydrogen (secondary N) is 2. The van der Waals surface area contributed by atoms with Gasteiger partial charge in [-0.25, -0.2) is 0 Å². The molecule has 8 nitrogen and oxygen atoms in total. The average Bonchev–Trinajstić information content (AvgIpc) is 2.85. The lowest BCUT2D eigenvalue weighted by Gasteiger charge is -2.14. The molecule has 0 aliphatic rings. The Morgan fingerprint density at radius 3 is 2.31 bits per heavy atom. The summed E-state index contributed by atoms with van der Waals surface area (Å²) >= 11 is 5.88. The van der Waals surface area contributed by atoms with Gasteiger partial charge in [0.1, 0.15) is 5.75 Å². The summed E-state index contributed by atoms with van der Waals surface area (Å²) in [5.74, 6) is -0.869. The predicted molar refractivity (Wildman–Crippen MR) is 136 cm³/mol. The van der Waals surface area contributed by atoms with Crippen LogP contribution in [0.25, 0.3) is 10.8 Å². The van der Waals surface area contributed by atoms with E-state index in [0.29, 0.717) is 48.7 Å². The van der Waals surface area contributed by atoms with E-state index in [9.17, 15) is 14.4 Å². The Bertz CT molecular complexity index is 1180. The molecule has 1 atom stereocenters. The predicted octanol–water partition coefficient (Wildman–Crippen LogP) is 2.55. The van der Waals surface area contributed by atoms with Crippen molar-refractivity contribution in [2.45, 2.75) is 25.3 Å². The van der Waals surface area contributed by atoms with Gasteiger partial charge in [0.2, 0.25) is 11.8 Å². The Kier molecular flexibility index (Phi) is 9.46. The van der Waals surface area contributed by atoms with Gasteiger partial charge < -0.3 is 26.8 Å². The fourth-order valence-electron chi connectivity index (χ4n) is 3.50. The molecule has 3 aromatic carbocycles. The normalized spacial score (nSPS) is 11.6. The first-order chi connectivity index (χ1) is 16.8. The number of benzene rings is 3. The van der Waals surface area contributed by atoms with Crippen molar-refractivity contribution < 1.29 is 19.1 Å². The largest absolute Gasteiger partial charge is 0.493 e. The van der Waals surface area contributed by atoms with Crippen LogP contribution >= 0.6 is 11.6 Å². The molecule has 0 fully saturated rings. The van der Waals surface area contributed by atoms with Gasteiger partial charge in [-0.3, -0.25) is 14.4 Å². The van der Waals surface area contributed by atoms with Crippen molar-refractivity contribution >= 4 is 40.1 Å². The summed E-state index contributed by atoms with van der Waals surface area (Å²) in [6, 6.07) is 17.7. The Balaban J connectivity index is 1.48. The molecule has 0 radical (unpaired) electrons. The van der Waals surface area contributed by atoms with Crippen LogP contribution in [0.4, 0.5) is 0 Å². The Morgan fingerprint density at radius 1 is 0.943 bits per heavy atom. The summed E-state index contributed by atoms with van der Waals surface area (Å²) in [4.78, 5) is 35.9. The van der Waals surface area contributed by atoms with Crippen LogP contribution in [0.2, 0.25) is 5.02 Å². The van der Waals surface area contributed by atoms with E-state index in [0.717, 1.165) is 16.3 Å². The van der Waals surface area contributed by atoms with Gasteiger partial charge in [0.05, 0.1) is 24.8 Å². The van der Waals surface area contributed by atoms with Crippen molar-refractivity contribution in [1.29, 1.82) is 0 Å². The molecule has 3 rings (SSSR count). The van der Waals surface area contributed by atoms with Gasteiger partial charge in [-0.15, -0.1) is 0 Å². The molecule has 0 aliphatic carbocycles. The summed E-state index contributed by atoms with van der Waals surface area (Å²) in [6.07, 6.45) is 1.76. The first-order valence-corrected chi connectivity index (χ1v) is 11.7. The van der Waals surface area contributed by atoms with E-state index in [1.165, 1.54) is 0 Å². The molecule has 0 bridgehead atoms. The van der Waals surface area contributed by atoms with Crippen molar-refractivity contribution in [2.75, 3.05) is 19.7 Å². The van der Waals surface area contributed by atoms with E-state index in [4.69, 9.17) is 27.8 Å². The maximum atomic E-state index is 12.6. The SMILES string of the molecule is NC(=O)CNC(=O)c1cc2ccccc2cc1OCCCCNC(=O)C(N)Cc1ccc(Cl)cc1. The highest BCUT2D eigenvalue weighted by molar-refractivity contribution is 6.30. The van der Waals surface area contributed by atoms with Crippen LogP contribution in [-0.2, 0) is 16.0 Å². The Hall–Kier alpha value is -3.62. The zero-order chi connectivity index (χ0) is 25.2. The minimum Gasteiger partial charge on any atom is -0.493 e. The van der Waals surface area contributed by atoms with E-state index in [1.807, 2.05) is 36.4 Å². The van der Waals surface area contributed by atoms with Gasteiger partial charge in [0.15, 0.2) is 0 Å². The van der Waals surface area contributed by atoms with Crippen LogP contribution in [0.1, 0.15) is 28.8 Å². The van der Waals surface area contributed by atoms with E-state index in [-0.39, 0.29) is 12.5 Å². The second-order valence-corrected chi connectivity index (χ2v) is 8.56. The molecule has 0 spiro atoms. The van der Waals surface area contributed by atoms with Gasteiger partial charge in [-0.05, 0) is 59.9 Å². The van der Waals surface area contributed by atoms with E-state index in [2.05, 4.69) is 10.6 Å². The lowest BCUT2D eigenvalue weighted by atomic mass is 10.1. The highest BCUT2D eigenvalue weighted by Gasteiger charge is 2.16. The molecular weight excluding hydrogens is 468 g/mol. The van der Waals surface area contributed by atoms with Crippen molar-refractivity contribution in [3.8, 4) is 5.75 Å². The maximum Gasteiger partial charge on any atom is 0.255 e.